The zero-order chi connectivity index (χ0) is 9.14. The third kappa shape index (κ3) is 2.41. The number of aryl methyl sites for hydroxylation is 1. The smallest absolute Gasteiger partial charge is 0.119 e. The van der Waals surface area contributed by atoms with Crippen molar-refractivity contribution in [2.45, 2.75) is 31.0 Å². The summed E-state index contributed by atoms with van der Waals surface area (Å²) < 4.78 is 0. The van der Waals surface area contributed by atoms with Gasteiger partial charge in [-0.05, 0) is 18.6 Å². The first-order chi connectivity index (χ1) is 5.59. The number of anilines is 1. The van der Waals surface area contributed by atoms with Gasteiger partial charge in [0, 0.05) is 11.4 Å². The Hall–Kier alpha value is -0.700. The van der Waals surface area contributed by atoms with Crippen LogP contribution in [0.2, 0.25) is 0 Å². The summed E-state index contributed by atoms with van der Waals surface area (Å²) in [5.74, 6) is 0. The molecule has 0 atom stereocenters. The van der Waals surface area contributed by atoms with Gasteiger partial charge in [-0.1, -0.05) is 13.8 Å². The van der Waals surface area contributed by atoms with Crippen molar-refractivity contribution in [1.29, 1.82) is 0 Å². The van der Waals surface area contributed by atoms with Crippen LogP contribution in [0.25, 0.3) is 0 Å². The Balaban J connectivity index is 2.86. The molecule has 0 unspecified atom stereocenters. The first-order valence-corrected chi connectivity index (χ1v) is 4.86. The van der Waals surface area contributed by atoms with Gasteiger partial charge in [0.25, 0.3) is 0 Å². The second-order valence-electron chi connectivity index (χ2n) is 3.07. The van der Waals surface area contributed by atoms with Crippen molar-refractivity contribution in [2.24, 2.45) is 0 Å². The van der Waals surface area contributed by atoms with E-state index in [4.69, 9.17) is 5.73 Å². The van der Waals surface area contributed by atoms with Crippen molar-refractivity contribution >= 4 is 17.4 Å². The fourth-order valence-electron chi connectivity index (χ4n) is 0.901. The highest BCUT2D eigenvalue weighted by Crippen LogP contribution is 2.26. The lowest BCUT2D eigenvalue weighted by atomic mass is 10.3. The van der Waals surface area contributed by atoms with E-state index >= 15 is 0 Å². The quantitative estimate of drug-likeness (QED) is 0.714. The molecule has 1 rings (SSSR count). The topological polar surface area (TPSA) is 38.9 Å². The Morgan fingerprint density at radius 2 is 2.17 bits per heavy atom. The molecular weight excluding hydrogens is 168 g/mol. The SMILES string of the molecule is Cc1cnc(SC(C)C)c(N)c1. The van der Waals surface area contributed by atoms with Crippen molar-refractivity contribution in [3.8, 4) is 0 Å². The largest absolute Gasteiger partial charge is 0.397 e. The average molecular weight is 182 g/mol. The first kappa shape index (κ1) is 9.39. The van der Waals surface area contributed by atoms with Crippen LogP contribution in [0.15, 0.2) is 17.3 Å². The highest BCUT2D eigenvalue weighted by atomic mass is 32.2. The second kappa shape index (κ2) is 3.81. The Labute approximate surface area is 77.6 Å². The number of nitrogens with zero attached hydrogens (tertiary/aromatic N) is 1. The minimum absolute atomic E-state index is 0.530. The van der Waals surface area contributed by atoms with E-state index in [1.807, 2.05) is 19.2 Å². The zero-order valence-corrected chi connectivity index (χ0v) is 8.48. The molecule has 0 aliphatic heterocycles. The van der Waals surface area contributed by atoms with Gasteiger partial charge >= 0.3 is 0 Å². The predicted octanol–water partition coefficient (Wildman–Crippen LogP) is 2.47. The van der Waals surface area contributed by atoms with Crippen LogP contribution < -0.4 is 5.73 Å². The van der Waals surface area contributed by atoms with E-state index in [1.54, 1.807) is 11.8 Å². The number of hydrogen-bond acceptors (Lipinski definition) is 3. The molecule has 1 heterocycles. The van der Waals surface area contributed by atoms with Gasteiger partial charge in [-0.3, -0.25) is 0 Å². The monoisotopic (exact) mass is 182 g/mol. The Bertz CT molecular complexity index is 271. The third-order valence-electron chi connectivity index (χ3n) is 1.36. The number of aromatic nitrogens is 1. The summed E-state index contributed by atoms with van der Waals surface area (Å²) in [4.78, 5) is 4.26. The summed E-state index contributed by atoms with van der Waals surface area (Å²) in [7, 11) is 0. The number of nitrogens with two attached hydrogens (primary N) is 1. The van der Waals surface area contributed by atoms with Crippen LogP contribution in [-0.2, 0) is 0 Å². The maximum atomic E-state index is 5.79. The van der Waals surface area contributed by atoms with Gasteiger partial charge in [0.1, 0.15) is 5.03 Å². The number of nitrogen functional groups attached to an aromatic ring is 1. The van der Waals surface area contributed by atoms with Crippen molar-refractivity contribution in [3.05, 3.63) is 17.8 Å². The molecule has 0 radical (unpaired) electrons. The Morgan fingerprint density at radius 1 is 1.50 bits per heavy atom. The lowest BCUT2D eigenvalue weighted by molar-refractivity contribution is 1.07. The average Bonchev–Trinajstić information content (AvgIpc) is 1.94. The number of hydrogen-bond donors (Lipinski definition) is 1. The Kier molecular flexibility index (Phi) is 2.98. The summed E-state index contributed by atoms with van der Waals surface area (Å²) in [5, 5.41) is 1.47. The molecule has 1 aromatic rings. The summed E-state index contributed by atoms with van der Waals surface area (Å²) in [6, 6.07) is 1.96. The van der Waals surface area contributed by atoms with E-state index in [9.17, 15) is 0 Å². The number of pyridine rings is 1. The molecule has 0 fully saturated rings. The van der Waals surface area contributed by atoms with E-state index in [2.05, 4.69) is 18.8 Å². The van der Waals surface area contributed by atoms with E-state index < -0.39 is 0 Å². The van der Waals surface area contributed by atoms with Gasteiger partial charge in [0.05, 0.1) is 5.69 Å². The molecule has 0 spiro atoms. The molecular formula is C9H14N2S. The molecule has 0 aromatic carbocycles. The van der Waals surface area contributed by atoms with Crippen molar-refractivity contribution in [1.82, 2.24) is 4.98 Å². The molecule has 1 aromatic heterocycles. The van der Waals surface area contributed by atoms with Gasteiger partial charge < -0.3 is 5.73 Å². The van der Waals surface area contributed by atoms with Crippen LogP contribution >= 0.6 is 11.8 Å². The lowest BCUT2D eigenvalue weighted by Gasteiger charge is -2.06. The molecule has 0 saturated carbocycles. The van der Waals surface area contributed by atoms with Crippen molar-refractivity contribution < 1.29 is 0 Å². The fraction of sp³-hybridized carbons (Fsp3) is 0.444. The zero-order valence-electron chi connectivity index (χ0n) is 7.66. The van der Waals surface area contributed by atoms with Gasteiger partial charge in [-0.25, -0.2) is 4.98 Å². The van der Waals surface area contributed by atoms with Gasteiger partial charge in [0.15, 0.2) is 0 Å². The molecule has 0 saturated heterocycles. The van der Waals surface area contributed by atoms with Crippen LogP contribution in [0.5, 0.6) is 0 Å². The molecule has 2 N–H and O–H groups in total. The maximum absolute atomic E-state index is 5.79. The molecule has 66 valence electrons. The highest BCUT2D eigenvalue weighted by molar-refractivity contribution is 7.99. The summed E-state index contributed by atoms with van der Waals surface area (Å²) in [6.07, 6.45) is 1.85. The van der Waals surface area contributed by atoms with E-state index in [1.165, 1.54) is 0 Å². The minimum atomic E-state index is 0.530. The summed E-state index contributed by atoms with van der Waals surface area (Å²) >= 11 is 1.70. The Morgan fingerprint density at radius 3 is 2.67 bits per heavy atom. The number of rotatable bonds is 2. The molecule has 12 heavy (non-hydrogen) atoms. The van der Waals surface area contributed by atoms with E-state index in [-0.39, 0.29) is 0 Å². The minimum Gasteiger partial charge on any atom is -0.397 e. The van der Waals surface area contributed by atoms with E-state index in [0.29, 0.717) is 5.25 Å². The normalized spacial score (nSPS) is 10.7. The van der Waals surface area contributed by atoms with Crippen LogP contribution in [0, 0.1) is 6.92 Å². The molecule has 2 nitrogen and oxygen atoms in total. The molecule has 3 heteroatoms. The van der Waals surface area contributed by atoms with Crippen LogP contribution in [0.4, 0.5) is 5.69 Å². The van der Waals surface area contributed by atoms with Gasteiger partial charge in [-0.2, -0.15) is 0 Å². The fourth-order valence-corrected chi connectivity index (χ4v) is 1.66. The maximum Gasteiger partial charge on any atom is 0.119 e. The van der Waals surface area contributed by atoms with Gasteiger partial charge in [0.2, 0.25) is 0 Å². The van der Waals surface area contributed by atoms with E-state index in [0.717, 1.165) is 16.3 Å². The van der Waals surface area contributed by atoms with Crippen molar-refractivity contribution in [2.75, 3.05) is 5.73 Å². The van der Waals surface area contributed by atoms with Crippen LogP contribution in [0.1, 0.15) is 19.4 Å². The van der Waals surface area contributed by atoms with Crippen LogP contribution in [-0.4, -0.2) is 10.2 Å². The number of thioether (sulfide) groups is 1. The summed E-state index contributed by atoms with van der Waals surface area (Å²) in [6.45, 7) is 6.25. The lowest BCUT2D eigenvalue weighted by Crippen LogP contribution is -1.95. The second-order valence-corrected chi connectivity index (χ2v) is 4.64. The highest BCUT2D eigenvalue weighted by Gasteiger charge is 2.03. The van der Waals surface area contributed by atoms with Gasteiger partial charge in [-0.15, -0.1) is 11.8 Å². The summed E-state index contributed by atoms with van der Waals surface area (Å²) in [5.41, 5.74) is 7.68. The first-order valence-electron chi connectivity index (χ1n) is 3.98. The third-order valence-corrected chi connectivity index (χ3v) is 2.40. The molecule has 0 amide bonds. The van der Waals surface area contributed by atoms with Crippen molar-refractivity contribution in [3.63, 3.8) is 0 Å². The van der Waals surface area contributed by atoms with Crippen LogP contribution in [0.3, 0.4) is 0 Å². The standard InChI is InChI=1S/C9H14N2S/c1-6(2)12-9-8(10)4-7(3)5-11-9/h4-6H,10H2,1-3H3. The molecule has 0 aliphatic carbocycles. The predicted molar refractivity (Wildman–Crippen MR) is 54.4 cm³/mol. The molecule has 0 bridgehead atoms. The molecule has 0 aliphatic rings.